The van der Waals surface area contributed by atoms with Gasteiger partial charge in [-0.25, -0.2) is 4.79 Å². The quantitative estimate of drug-likeness (QED) is 0.558. The second-order valence-corrected chi connectivity index (χ2v) is 3.68. The van der Waals surface area contributed by atoms with E-state index in [0.29, 0.717) is 5.70 Å². The first kappa shape index (κ1) is 8.96. The normalized spacial score (nSPS) is 19.2. The van der Waals surface area contributed by atoms with E-state index < -0.39 is 0 Å². The van der Waals surface area contributed by atoms with Gasteiger partial charge in [0.2, 0.25) is 0 Å². The van der Waals surface area contributed by atoms with Gasteiger partial charge in [-0.1, -0.05) is 0 Å². The number of nitrogens with one attached hydrogen (secondary N) is 1. The molecule has 0 atom stereocenters. The maximum atomic E-state index is 11.3. The third kappa shape index (κ3) is 1.42. The summed E-state index contributed by atoms with van der Waals surface area (Å²) in [4.78, 5) is 23.7. The summed E-state index contributed by atoms with van der Waals surface area (Å²) < 4.78 is 0. The molecule has 1 aliphatic heterocycles. The molecule has 1 aromatic heterocycles. The molecule has 2 rings (SSSR count). The van der Waals surface area contributed by atoms with Crippen molar-refractivity contribution in [3.8, 4) is 0 Å². The summed E-state index contributed by atoms with van der Waals surface area (Å²) in [5.41, 5.74) is 1.31. The van der Waals surface area contributed by atoms with Crippen molar-refractivity contribution in [3.63, 3.8) is 0 Å². The first-order valence-corrected chi connectivity index (χ1v) is 4.95. The molecule has 0 aliphatic carbocycles. The topological polar surface area (TPSA) is 49.4 Å². The molecule has 4 nitrogen and oxygen atoms in total. The molecule has 1 N–H and O–H groups in total. The molecular formula is C9H8N2O2S. The number of hydrogen-bond donors (Lipinski definition) is 1. The first-order valence-electron chi connectivity index (χ1n) is 4.01. The zero-order valence-electron chi connectivity index (χ0n) is 7.48. The molecule has 0 aromatic carbocycles. The van der Waals surface area contributed by atoms with Crippen LogP contribution in [0.2, 0.25) is 0 Å². The molecule has 1 fully saturated rings. The average molecular weight is 208 g/mol. The van der Waals surface area contributed by atoms with Crippen molar-refractivity contribution >= 4 is 29.4 Å². The SMILES string of the molecule is CN1C(=O)NC(=O)/C1=C\c1ccsc1. The second-order valence-electron chi connectivity index (χ2n) is 2.90. The van der Waals surface area contributed by atoms with Crippen LogP contribution < -0.4 is 5.32 Å². The zero-order valence-corrected chi connectivity index (χ0v) is 8.30. The molecule has 5 heteroatoms. The minimum atomic E-state index is -0.378. The molecule has 0 saturated carbocycles. The maximum absolute atomic E-state index is 11.3. The Morgan fingerprint density at radius 3 is 2.79 bits per heavy atom. The number of carbonyl (C=O) groups is 2. The molecule has 1 saturated heterocycles. The Hall–Kier alpha value is -1.62. The van der Waals surface area contributed by atoms with Crippen LogP contribution in [-0.4, -0.2) is 23.9 Å². The molecule has 1 aliphatic rings. The highest BCUT2D eigenvalue weighted by molar-refractivity contribution is 7.08. The van der Waals surface area contributed by atoms with Gasteiger partial charge in [-0.05, 0) is 28.5 Å². The Labute approximate surface area is 84.8 Å². The second kappa shape index (κ2) is 3.26. The summed E-state index contributed by atoms with van der Waals surface area (Å²) in [6.07, 6.45) is 1.69. The molecule has 0 unspecified atom stereocenters. The van der Waals surface area contributed by atoms with Crippen LogP contribution in [-0.2, 0) is 4.79 Å². The van der Waals surface area contributed by atoms with Crippen molar-refractivity contribution in [3.05, 3.63) is 28.1 Å². The van der Waals surface area contributed by atoms with Gasteiger partial charge < -0.3 is 0 Å². The minimum absolute atomic E-state index is 0.344. The van der Waals surface area contributed by atoms with Crippen molar-refractivity contribution in [1.82, 2.24) is 10.2 Å². The van der Waals surface area contributed by atoms with Crippen LogP contribution in [0, 0.1) is 0 Å². The Morgan fingerprint density at radius 2 is 2.29 bits per heavy atom. The van der Waals surface area contributed by atoms with E-state index in [2.05, 4.69) is 5.32 Å². The van der Waals surface area contributed by atoms with Gasteiger partial charge in [-0.15, -0.1) is 0 Å². The van der Waals surface area contributed by atoms with Crippen molar-refractivity contribution in [2.24, 2.45) is 0 Å². The van der Waals surface area contributed by atoms with E-state index in [4.69, 9.17) is 0 Å². The van der Waals surface area contributed by atoms with Crippen LogP contribution in [0.25, 0.3) is 6.08 Å². The average Bonchev–Trinajstić information content (AvgIpc) is 2.71. The lowest BCUT2D eigenvalue weighted by Crippen LogP contribution is -2.24. The molecule has 0 spiro atoms. The molecule has 0 bridgehead atoms. The van der Waals surface area contributed by atoms with E-state index >= 15 is 0 Å². The summed E-state index contributed by atoms with van der Waals surface area (Å²) in [7, 11) is 1.57. The van der Waals surface area contributed by atoms with Gasteiger partial charge in [0, 0.05) is 7.05 Å². The molecule has 14 heavy (non-hydrogen) atoms. The lowest BCUT2D eigenvalue weighted by atomic mass is 10.2. The van der Waals surface area contributed by atoms with E-state index in [1.807, 2.05) is 16.8 Å². The van der Waals surface area contributed by atoms with E-state index in [0.717, 1.165) is 5.56 Å². The van der Waals surface area contributed by atoms with Crippen molar-refractivity contribution in [2.75, 3.05) is 7.05 Å². The third-order valence-corrected chi connectivity index (χ3v) is 2.67. The van der Waals surface area contributed by atoms with Gasteiger partial charge in [-0.3, -0.25) is 15.0 Å². The summed E-state index contributed by atoms with van der Waals surface area (Å²) in [6.45, 7) is 0. The largest absolute Gasteiger partial charge is 0.328 e. The monoisotopic (exact) mass is 208 g/mol. The molecule has 2 heterocycles. The highest BCUT2D eigenvalue weighted by Crippen LogP contribution is 2.16. The van der Waals surface area contributed by atoms with Crippen LogP contribution in [0.5, 0.6) is 0 Å². The number of nitrogens with zero attached hydrogens (tertiary/aromatic N) is 1. The lowest BCUT2D eigenvalue weighted by Gasteiger charge is -2.05. The third-order valence-electron chi connectivity index (χ3n) is 1.97. The van der Waals surface area contributed by atoms with Crippen LogP contribution in [0.4, 0.5) is 4.79 Å². The van der Waals surface area contributed by atoms with E-state index in [9.17, 15) is 9.59 Å². The number of amides is 3. The predicted octanol–water partition coefficient (Wildman–Crippen LogP) is 1.27. The van der Waals surface area contributed by atoms with Gasteiger partial charge in [0.1, 0.15) is 5.70 Å². The van der Waals surface area contributed by atoms with E-state index in [1.165, 1.54) is 4.90 Å². The number of carbonyl (C=O) groups excluding carboxylic acids is 2. The molecule has 0 radical (unpaired) electrons. The standard InChI is InChI=1S/C9H8N2O2S/c1-11-7(8(12)10-9(11)13)4-6-2-3-14-5-6/h2-5H,1H3,(H,10,12,13)/b7-4+. The molecule has 3 amide bonds. The molecule has 1 aromatic rings. The van der Waals surface area contributed by atoms with E-state index in [-0.39, 0.29) is 11.9 Å². The fourth-order valence-electron chi connectivity index (χ4n) is 1.18. The summed E-state index contributed by atoms with van der Waals surface area (Å²) in [5, 5.41) is 6.04. The number of hydrogen-bond acceptors (Lipinski definition) is 3. The Balaban J connectivity index is 2.34. The Morgan fingerprint density at radius 1 is 1.50 bits per heavy atom. The highest BCUT2D eigenvalue weighted by atomic mass is 32.1. The van der Waals surface area contributed by atoms with E-state index in [1.54, 1.807) is 24.5 Å². The molecule has 72 valence electrons. The Kier molecular flexibility index (Phi) is 2.09. The van der Waals surface area contributed by atoms with Crippen molar-refractivity contribution in [2.45, 2.75) is 0 Å². The number of imide groups is 1. The minimum Gasteiger partial charge on any atom is -0.292 e. The fourth-order valence-corrected chi connectivity index (χ4v) is 1.80. The number of urea groups is 1. The number of rotatable bonds is 1. The van der Waals surface area contributed by atoms with Gasteiger partial charge >= 0.3 is 6.03 Å². The highest BCUT2D eigenvalue weighted by Gasteiger charge is 2.29. The maximum Gasteiger partial charge on any atom is 0.328 e. The van der Waals surface area contributed by atoms with Crippen LogP contribution in [0.1, 0.15) is 5.56 Å². The van der Waals surface area contributed by atoms with Gasteiger partial charge in [0.25, 0.3) is 5.91 Å². The molecular weight excluding hydrogens is 200 g/mol. The summed E-state index contributed by atoms with van der Waals surface area (Å²) in [5.74, 6) is -0.344. The summed E-state index contributed by atoms with van der Waals surface area (Å²) in [6, 6.07) is 1.51. The Bertz CT molecular complexity index is 408. The van der Waals surface area contributed by atoms with Crippen molar-refractivity contribution < 1.29 is 9.59 Å². The van der Waals surface area contributed by atoms with Gasteiger partial charge in [0.05, 0.1) is 0 Å². The summed E-state index contributed by atoms with van der Waals surface area (Å²) >= 11 is 1.55. The van der Waals surface area contributed by atoms with Gasteiger partial charge in [-0.2, -0.15) is 11.3 Å². The van der Waals surface area contributed by atoms with Crippen LogP contribution in [0.15, 0.2) is 22.5 Å². The van der Waals surface area contributed by atoms with Crippen LogP contribution >= 0.6 is 11.3 Å². The van der Waals surface area contributed by atoms with Crippen LogP contribution in [0.3, 0.4) is 0 Å². The number of likely N-dealkylation sites (N-methyl/N-ethyl adjacent to an activating group) is 1. The van der Waals surface area contributed by atoms with Crippen molar-refractivity contribution in [1.29, 1.82) is 0 Å². The fraction of sp³-hybridized carbons (Fsp3) is 0.111. The predicted molar refractivity (Wildman–Crippen MR) is 53.6 cm³/mol. The van der Waals surface area contributed by atoms with Gasteiger partial charge in [0.15, 0.2) is 0 Å². The smallest absolute Gasteiger partial charge is 0.292 e. The number of thiophene rings is 1. The first-order chi connectivity index (χ1) is 6.68. The zero-order chi connectivity index (χ0) is 10.1. The lowest BCUT2D eigenvalue weighted by molar-refractivity contribution is -0.115.